The van der Waals surface area contributed by atoms with E-state index in [1.165, 1.54) is 18.2 Å². The minimum Gasteiger partial charge on any atom is -0.460 e. The van der Waals surface area contributed by atoms with Crippen molar-refractivity contribution in [3.05, 3.63) is 52.4 Å². The molecule has 6 bridgehead atoms. The molecule has 21 nitrogen and oxygen atoms in total. The zero-order chi connectivity index (χ0) is 36.8. The maximum atomic E-state index is 12.4. The van der Waals surface area contributed by atoms with Gasteiger partial charge >= 0.3 is 35.8 Å². The van der Waals surface area contributed by atoms with Crippen LogP contribution >= 0.6 is 0 Å². The Morgan fingerprint density at radius 1 is 0.412 bits per heavy atom. The highest BCUT2D eigenvalue weighted by Gasteiger charge is 2.20. The molecule has 0 radical (unpaired) electrons. The SMILES string of the molecule is CN1CCOC(=O)c2cc([nH]n2)C(=O)OCCN(C)CCOC(=O)c2cc([nH]n2)C(=O)OCCN(C)CCOC(=O)c2cc(n[nH]2)C(=O)OCC1. The Kier molecular flexibility index (Phi) is 14.1. The molecule has 1 aliphatic heterocycles. The van der Waals surface area contributed by atoms with E-state index in [0.29, 0.717) is 39.3 Å². The Bertz CT molecular complexity index is 1370. The minimum absolute atomic E-state index is 0.000541. The highest BCUT2D eigenvalue weighted by Crippen LogP contribution is 2.07. The Morgan fingerprint density at radius 3 is 0.863 bits per heavy atom. The van der Waals surface area contributed by atoms with Gasteiger partial charge in [-0.15, -0.1) is 0 Å². The van der Waals surface area contributed by atoms with Gasteiger partial charge in [0.1, 0.15) is 56.7 Å². The molecule has 276 valence electrons. The molecule has 0 aromatic carbocycles. The van der Waals surface area contributed by atoms with Crippen LogP contribution in [-0.4, -0.2) is 181 Å². The molecule has 4 rings (SSSR count). The third-order valence-electron chi connectivity index (χ3n) is 7.26. The maximum absolute atomic E-state index is 12.4. The Balaban J connectivity index is 1.31. The highest BCUT2D eigenvalue weighted by molar-refractivity contribution is 5.94. The number of hydrogen-bond acceptors (Lipinski definition) is 18. The molecule has 3 aromatic heterocycles. The van der Waals surface area contributed by atoms with Gasteiger partial charge < -0.3 is 28.4 Å². The van der Waals surface area contributed by atoms with Gasteiger partial charge in [-0.3, -0.25) is 30.0 Å². The van der Waals surface area contributed by atoms with Gasteiger partial charge in [-0.1, -0.05) is 0 Å². The average Bonchev–Trinajstić information content (AvgIpc) is 3.89. The molecule has 3 aromatic rings. The summed E-state index contributed by atoms with van der Waals surface area (Å²) in [5.41, 5.74) is -0.477. The van der Waals surface area contributed by atoms with E-state index in [1.54, 1.807) is 35.8 Å². The Labute approximate surface area is 290 Å². The van der Waals surface area contributed by atoms with Crippen molar-refractivity contribution in [2.45, 2.75) is 0 Å². The largest absolute Gasteiger partial charge is 0.460 e. The van der Waals surface area contributed by atoms with Crippen LogP contribution in [0.1, 0.15) is 62.9 Å². The predicted molar refractivity (Wildman–Crippen MR) is 170 cm³/mol. The van der Waals surface area contributed by atoms with Gasteiger partial charge in [0, 0.05) is 57.5 Å². The van der Waals surface area contributed by atoms with E-state index < -0.39 is 35.8 Å². The smallest absolute Gasteiger partial charge is 0.358 e. The highest BCUT2D eigenvalue weighted by atomic mass is 16.6. The van der Waals surface area contributed by atoms with E-state index in [9.17, 15) is 28.8 Å². The number of carbonyl (C=O) groups is 6. The second-order valence-electron chi connectivity index (χ2n) is 11.2. The fourth-order valence-corrected chi connectivity index (χ4v) is 4.15. The third-order valence-corrected chi connectivity index (χ3v) is 7.26. The quantitative estimate of drug-likeness (QED) is 0.186. The van der Waals surface area contributed by atoms with Gasteiger partial charge in [-0.2, -0.15) is 15.3 Å². The number of H-pyrrole nitrogens is 3. The first-order chi connectivity index (χ1) is 24.5. The molecule has 0 spiro atoms. The fraction of sp³-hybridized carbons (Fsp3) is 0.500. The molecule has 0 aliphatic carbocycles. The van der Waals surface area contributed by atoms with Crippen LogP contribution in [0, 0.1) is 0 Å². The van der Waals surface area contributed by atoms with Crippen LogP contribution in [0.25, 0.3) is 0 Å². The lowest BCUT2D eigenvalue weighted by Gasteiger charge is -2.16. The van der Waals surface area contributed by atoms with Crippen LogP contribution in [-0.2, 0) is 28.4 Å². The van der Waals surface area contributed by atoms with Crippen LogP contribution in [0.15, 0.2) is 18.2 Å². The molecule has 51 heavy (non-hydrogen) atoms. The minimum atomic E-state index is -0.756. The zero-order valence-electron chi connectivity index (χ0n) is 28.3. The summed E-state index contributed by atoms with van der Waals surface area (Å²) >= 11 is 0. The van der Waals surface area contributed by atoms with Gasteiger partial charge in [-0.05, 0) is 21.1 Å². The van der Waals surface area contributed by atoms with Gasteiger partial charge in [0.05, 0.1) is 0 Å². The summed E-state index contributed by atoms with van der Waals surface area (Å²) in [5, 5.41) is 18.8. The summed E-state index contributed by atoms with van der Waals surface area (Å²) in [6.07, 6.45) is 0. The fourth-order valence-electron chi connectivity index (χ4n) is 4.15. The Hall–Kier alpha value is -5.67. The van der Waals surface area contributed by atoms with Crippen molar-refractivity contribution >= 4 is 35.8 Å². The average molecular weight is 718 g/mol. The van der Waals surface area contributed by atoms with E-state index in [0.717, 1.165) is 0 Å². The number of aromatic amines is 3. The lowest BCUT2D eigenvalue weighted by atomic mass is 10.3. The molecule has 1 aliphatic rings. The lowest BCUT2D eigenvalue weighted by molar-refractivity contribution is 0.0397. The molecule has 0 saturated carbocycles. The maximum Gasteiger partial charge on any atom is 0.358 e. The molecule has 0 unspecified atom stereocenters. The normalized spacial score (nSPS) is 18.9. The number of ether oxygens (including phenoxy) is 6. The second-order valence-corrected chi connectivity index (χ2v) is 11.2. The van der Waals surface area contributed by atoms with Gasteiger partial charge in [0.2, 0.25) is 0 Å². The molecule has 0 fully saturated rings. The van der Waals surface area contributed by atoms with Crippen LogP contribution in [0.3, 0.4) is 0 Å². The van der Waals surface area contributed by atoms with Crippen LogP contribution in [0.4, 0.5) is 0 Å². The summed E-state index contributed by atoms with van der Waals surface area (Å²) in [4.78, 5) is 79.7. The van der Waals surface area contributed by atoms with Crippen LogP contribution < -0.4 is 0 Å². The van der Waals surface area contributed by atoms with Crippen LogP contribution in [0.2, 0.25) is 0 Å². The van der Waals surface area contributed by atoms with Crippen molar-refractivity contribution in [1.29, 1.82) is 0 Å². The number of likely N-dealkylation sites (N-methyl/N-ethyl adjacent to an activating group) is 3. The standard InChI is InChI=1S/C30H39N9O12/c1-37-4-10-46-25(40)19-16-21(33-31-19)27(42)48-12-6-38(2)8-14-50-29(44)23-18-24(36-35-23)30(45)51-15-9-39(3)7-13-49-28(43)22-17-20(32-34-22)26(41)47-11-5-37/h16-18H,4-15H2,1-3H3,(H,31,33)(H,32,34)(H,35,36). The van der Waals surface area contributed by atoms with E-state index in [2.05, 4.69) is 30.6 Å². The molecule has 3 N–H and O–H groups in total. The van der Waals surface area contributed by atoms with Crippen LogP contribution in [0.5, 0.6) is 0 Å². The van der Waals surface area contributed by atoms with Crippen molar-refractivity contribution in [3.8, 4) is 0 Å². The van der Waals surface area contributed by atoms with Gasteiger partial charge in [-0.25, -0.2) is 28.8 Å². The molecule has 0 saturated heterocycles. The van der Waals surface area contributed by atoms with Crippen molar-refractivity contribution in [2.24, 2.45) is 0 Å². The topological polar surface area (TPSA) is 254 Å². The lowest BCUT2D eigenvalue weighted by Crippen LogP contribution is -2.28. The summed E-state index contributed by atoms with van der Waals surface area (Å²) in [6, 6.07) is 3.64. The Morgan fingerprint density at radius 2 is 0.627 bits per heavy atom. The second kappa shape index (κ2) is 18.9. The van der Waals surface area contributed by atoms with Gasteiger partial charge in [0.25, 0.3) is 0 Å². The molecule has 4 heterocycles. The number of carbonyl (C=O) groups excluding carboxylic acids is 6. The number of fused-ring (bicyclic) bond motifs is 6. The van der Waals surface area contributed by atoms with E-state index in [-0.39, 0.29) is 73.8 Å². The first-order valence-electron chi connectivity index (χ1n) is 15.7. The number of rotatable bonds is 0. The molecule has 0 atom stereocenters. The molecule has 0 amide bonds. The van der Waals surface area contributed by atoms with E-state index in [4.69, 9.17) is 28.4 Å². The van der Waals surface area contributed by atoms with Crippen molar-refractivity contribution in [1.82, 2.24) is 45.3 Å². The summed E-state index contributed by atoms with van der Waals surface area (Å²) in [6.45, 7) is 1.83. The number of esters is 6. The number of nitrogens with one attached hydrogen (secondary N) is 3. The summed E-state index contributed by atoms with van der Waals surface area (Å²) in [5.74, 6) is -4.46. The predicted octanol–water partition coefficient (Wildman–Crippen LogP) is -0.994. The summed E-state index contributed by atoms with van der Waals surface area (Å²) < 4.78 is 31.3. The third kappa shape index (κ3) is 12.0. The van der Waals surface area contributed by atoms with Crippen molar-refractivity contribution in [3.63, 3.8) is 0 Å². The molecular weight excluding hydrogens is 678 g/mol. The van der Waals surface area contributed by atoms with E-state index in [1.807, 2.05) is 0 Å². The summed E-state index contributed by atoms with van der Waals surface area (Å²) in [7, 11) is 5.19. The first-order valence-corrected chi connectivity index (χ1v) is 15.7. The number of hydrogen-bond donors (Lipinski definition) is 3. The molecular formula is C30H39N9O12. The number of aromatic nitrogens is 6. The number of cyclic esters (lactones) is 6. The van der Waals surface area contributed by atoms with Gasteiger partial charge in [0.15, 0.2) is 17.1 Å². The first kappa shape index (κ1) is 38.1. The van der Waals surface area contributed by atoms with E-state index >= 15 is 0 Å². The number of nitrogens with zero attached hydrogens (tertiary/aromatic N) is 6. The van der Waals surface area contributed by atoms with Crippen molar-refractivity contribution in [2.75, 3.05) is 100 Å². The zero-order valence-corrected chi connectivity index (χ0v) is 28.3. The molecule has 21 heteroatoms. The van der Waals surface area contributed by atoms with Crippen molar-refractivity contribution < 1.29 is 57.2 Å². The monoisotopic (exact) mass is 717 g/mol.